The summed E-state index contributed by atoms with van der Waals surface area (Å²) in [6.07, 6.45) is 2.49. The number of amides is 1. The number of hydrogen-bond acceptors (Lipinski definition) is 5. The van der Waals surface area contributed by atoms with Crippen molar-refractivity contribution >= 4 is 23.1 Å². The topological polar surface area (TPSA) is 97.5 Å². The number of carboxylic acids is 1. The first-order valence-corrected chi connectivity index (χ1v) is 8.81. The first-order valence-electron chi connectivity index (χ1n) is 8.81. The molecule has 26 heavy (non-hydrogen) atoms. The van der Waals surface area contributed by atoms with Gasteiger partial charge >= 0.3 is 12.1 Å². The van der Waals surface area contributed by atoms with E-state index in [1.54, 1.807) is 21.7 Å². The fourth-order valence-electron chi connectivity index (χ4n) is 3.18. The van der Waals surface area contributed by atoms with Crippen molar-refractivity contribution in [2.75, 3.05) is 6.54 Å². The molecule has 1 amide bonds. The number of hydrogen-bond donors (Lipinski definition) is 1. The van der Waals surface area contributed by atoms with E-state index in [-0.39, 0.29) is 17.7 Å². The van der Waals surface area contributed by atoms with Crippen LogP contribution in [0, 0.1) is 0 Å². The summed E-state index contributed by atoms with van der Waals surface area (Å²) >= 11 is 0. The minimum absolute atomic E-state index is 0.0583. The van der Waals surface area contributed by atoms with Gasteiger partial charge in [0.25, 0.3) is 0 Å². The van der Waals surface area contributed by atoms with Gasteiger partial charge < -0.3 is 14.7 Å². The summed E-state index contributed by atoms with van der Waals surface area (Å²) in [5, 5.41) is 17.4. The predicted molar refractivity (Wildman–Crippen MR) is 95.1 cm³/mol. The number of aromatic nitrogens is 3. The van der Waals surface area contributed by atoms with Gasteiger partial charge in [-0.25, -0.2) is 14.3 Å². The molecule has 1 N–H and O–H groups in total. The van der Waals surface area contributed by atoms with Crippen LogP contribution in [0.4, 0.5) is 4.79 Å². The average Bonchev–Trinajstić information content (AvgIpc) is 2.96. The molecule has 2 aromatic rings. The molecule has 1 fully saturated rings. The molecular formula is C18H24N4O4. The van der Waals surface area contributed by atoms with Crippen molar-refractivity contribution in [2.45, 2.75) is 58.2 Å². The van der Waals surface area contributed by atoms with Crippen LogP contribution in [0.3, 0.4) is 0 Å². The number of carboxylic acid groups (broad SMARTS) is 1. The van der Waals surface area contributed by atoms with E-state index in [9.17, 15) is 14.7 Å². The van der Waals surface area contributed by atoms with E-state index in [0.717, 1.165) is 19.3 Å². The highest BCUT2D eigenvalue weighted by molar-refractivity contribution is 5.92. The molecule has 0 spiro atoms. The zero-order chi connectivity index (χ0) is 18.9. The third kappa shape index (κ3) is 3.95. The lowest BCUT2D eigenvalue weighted by molar-refractivity contribution is 0.00747. The highest BCUT2D eigenvalue weighted by atomic mass is 16.6. The second-order valence-electron chi connectivity index (χ2n) is 7.60. The molecule has 0 saturated carbocycles. The van der Waals surface area contributed by atoms with Gasteiger partial charge in [-0.05, 0) is 58.2 Å². The Morgan fingerprint density at radius 3 is 2.77 bits per heavy atom. The van der Waals surface area contributed by atoms with E-state index in [2.05, 4.69) is 10.3 Å². The highest BCUT2D eigenvalue weighted by Crippen LogP contribution is 2.23. The van der Waals surface area contributed by atoms with Crippen molar-refractivity contribution in [3.8, 4) is 0 Å². The van der Waals surface area contributed by atoms with Crippen LogP contribution >= 0.6 is 0 Å². The number of fused-ring (bicyclic) bond motifs is 1. The van der Waals surface area contributed by atoms with E-state index < -0.39 is 11.6 Å². The number of likely N-dealkylation sites (tertiary alicyclic amines) is 1. The molecule has 0 aliphatic carbocycles. The first-order chi connectivity index (χ1) is 12.2. The normalized spacial score (nSPS) is 18.1. The smallest absolute Gasteiger partial charge is 0.410 e. The summed E-state index contributed by atoms with van der Waals surface area (Å²) in [6, 6.07) is 4.67. The van der Waals surface area contributed by atoms with Gasteiger partial charge in [0.1, 0.15) is 11.1 Å². The molecule has 3 rings (SSSR count). The minimum Gasteiger partial charge on any atom is -0.478 e. The van der Waals surface area contributed by atoms with E-state index in [0.29, 0.717) is 24.1 Å². The third-order valence-corrected chi connectivity index (χ3v) is 4.40. The maximum absolute atomic E-state index is 12.5. The molecule has 1 unspecified atom stereocenters. The molecule has 1 aliphatic rings. The maximum Gasteiger partial charge on any atom is 0.410 e. The monoisotopic (exact) mass is 360 g/mol. The van der Waals surface area contributed by atoms with Gasteiger partial charge in [-0.3, -0.25) is 0 Å². The van der Waals surface area contributed by atoms with Crippen molar-refractivity contribution in [3.05, 3.63) is 23.8 Å². The number of rotatable bonds is 3. The van der Waals surface area contributed by atoms with Crippen molar-refractivity contribution in [1.82, 2.24) is 19.9 Å². The Hall–Kier alpha value is -2.64. The van der Waals surface area contributed by atoms with Gasteiger partial charge in [0.05, 0.1) is 23.7 Å². The second-order valence-corrected chi connectivity index (χ2v) is 7.60. The number of aromatic carboxylic acids is 1. The molecule has 8 heteroatoms. The third-order valence-electron chi connectivity index (χ3n) is 4.40. The number of piperidine rings is 1. The molecule has 1 atom stereocenters. The van der Waals surface area contributed by atoms with E-state index in [1.165, 1.54) is 6.07 Å². The molecule has 0 bridgehead atoms. The number of carbonyl (C=O) groups is 2. The van der Waals surface area contributed by atoms with E-state index in [4.69, 9.17) is 4.74 Å². The van der Waals surface area contributed by atoms with Crippen LogP contribution < -0.4 is 0 Å². The van der Waals surface area contributed by atoms with Crippen LogP contribution in [0.15, 0.2) is 18.2 Å². The second kappa shape index (κ2) is 6.93. The van der Waals surface area contributed by atoms with Crippen LogP contribution in [0.5, 0.6) is 0 Å². The molecule has 8 nitrogen and oxygen atoms in total. The zero-order valence-corrected chi connectivity index (χ0v) is 15.3. The maximum atomic E-state index is 12.5. The lowest BCUT2D eigenvalue weighted by Gasteiger charge is -2.36. The van der Waals surface area contributed by atoms with Crippen LogP contribution in [0.25, 0.3) is 11.0 Å². The number of nitrogens with zero attached hydrogens (tertiary/aromatic N) is 4. The minimum atomic E-state index is -0.993. The lowest BCUT2D eigenvalue weighted by atomic mass is 10.0. The number of benzene rings is 1. The average molecular weight is 360 g/mol. The number of ether oxygens (including phenoxy) is 1. The lowest BCUT2D eigenvalue weighted by Crippen LogP contribution is -2.48. The molecule has 1 aromatic heterocycles. The summed E-state index contributed by atoms with van der Waals surface area (Å²) < 4.78 is 7.20. The Labute approximate surface area is 151 Å². The van der Waals surface area contributed by atoms with Crippen molar-refractivity contribution < 1.29 is 19.4 Å². The van der Waals surface area contributed by atoms with Gasteiger partial charge in [-0.1, -0.05) is 5.21 Å². The van der Waals surface area contributed by atoms with Crippen molar-refractivity contribution in [1.29, 1.82) is 0 Å². The Morgan fingerprint density at radius 2 is 2.08 bits per heavy atom. The van der Waals surface area contributed by atoms with Crippen molar-refractivity contribution in [2.24, 2.45) is 0 Å². The Balaban J connectivity index is 1.83. The van der Waals surface area contributed by atoms with E-state index in [1.807, 2.05) is 20.8 Å². The standard InChI is InChI=1S/C18H24N4O4/c1-18(2,3)26-17(25)21-9-5-4-6-13(21)11-22-15-10-12(16(23)24)7-8-14(15)19-20-22/h7-8,10,13H,4-6,9,11H2,1-3H3,(H,23,24). The molecule has 0 radical (unpaired) electrons. The largest absolute Gasteiger partial charge is 0.478 e. The summed E-state index contributed by atoms with van der Waals surface area (Å²) in [4.78, 5) is 25.5. The van der Waals surface area contributed by atoms with Crippen LogP contribution in [-0.4, -0.2) is 55.3 Å². The molecule has 1 aliphatic heterocycles. The van der Waals surface area contributed by atoms with Crippen LogP contribution in [-0.2, 0) is 11.3 Å². The quantitative estimate of drug-likeness (QED) is 0.904. The van der Waals surface area contributed by atoms with Crippen LogP contribution in [0.1, 0.15) is 50.4 Å². The fraction of sp³-hybridized carbons (Fsp3) is 0.556. The zero-order valence-electron chi connectivity index (χ0n) is 15.3. The SMILES string of the molecule is CC(C)(C)OC(=O)N1CCCCC1Cn1nnc2ccc(C(=O)O)cc21. The molecule has 1 saturated heterocycles. The molecular weight excluding hydrogens is 336 g/mol. The molecule has 2 heterocycles. The summed E-state index contributed by atoms with van der Waals surface area (Å²) in [6.45, 7) is 6.65. The first kappa shape index (κ1) is 18.2. The summed E-state index contributed by atoms with van der Waals surface area (Å²) in [5.41, 5.74) is 0.929. The predicted octanol–water partition coefficient (Wildman–Crippen LogP) is 2.92. The van der Waals surface area contributed by atoms with Crippen molar-refractivity contribution in [3.63, 3.8) is 0 Å². The Bertz CT molecular complexity index is 824. The van der Waals surface area contributed by atoms with E-state index >= 15 is 0 Å². The molecule has 140 valence electrons. The number of carbonyl (C=O) groups excluding carboxylic acids is 1. The van der Waals surface area contributed by atoms with Crippen LogP contribution in [0.2, 0.25) is 0 Å². The van der Waals surface area contributed by atoms with Gasteiger partial charge in [-0.15, -0.1) is 5.10 Å². The van der Waals surface area contributed by atoms with Gasteiger partial charge in [0, 0.05) is 6.54 Å². The van der Waals surface area contributed by atoms with Gasteiger partial charge in [0.2, 0.25) is 0 Å². The van der Waals surface area contributed by atoms with Gasteiger partial charge in [-0.2, -0.15) is 0 Å². The Morgan fingerprint density at radius 1 is 1.31 bits per heavy atom. The summed E-state index contributed by atoms with van der Waals surface area (Å²) in [7, 11) is 0. The highest BCUT2D eigenvalue weighted by Gasteiger charge is 2.31. The molecule has 1 aromatic carbocycles. The fourth-order valence-corrected chi connectivity index (χ4v) is 3.18. The van der Waals surface area contributed by atoms with Gasteiger partial charge in [0.15, 0.2) is 0 Å². The summed E-state index contributed by atoms with van der Waals surface area (Å²) in [5.74, 6) is -0.993. The Kier molecular flexibility index (Phi) is 4.84.